The monoisotopic (exact) mass is 163 g/mol. The van der Waals surface area contributed by atoms with Crippen molar-refractivity contribution in [3.8, 4) is 0 Å². The zero-order valence-electron chi connectivity index (χ0n) is 6.49. The Kier molecular flexibility index (Phi) is 1.96. The van der Waals surface area contributed by atoms with Gasteiger partial charge in [0.05, 0.1) is 5.70 Å². The molecule has 1 aliphatic rings. The fraction of sp³-hybridized carbons (Fsp3) is 0.111. The molecule has 0 fully saturated rings. The molecule has 1 aliphatic heterocycles. The van der Waals surface area contributed by atoms with Crippen LogP contribution in [0.3, 0.4) is 0 Å². The van der Waals surface area contributed by atoms with E-state index in [1.807, 2.05) is 18.2 Å². The number of benzene rings is 1. The van der Waals surface area contributed by atoms with Gasteiger partial charge in [0.1, 0.15) is 0 Å². The average molecular weight is 163 g/mol. The van der Waals surface area contributed by atoms with E-state index in [-0.39, 0.29) is 0 Å². The maximum Gasteiger partial charge on any atom is 0.153 e. The number of allylic oxidation sites excluding steroid dienone is 1. The van der Waals surface area contributed by atoms with Crippen LogP contribution in [0.25, 0.3) is 0 Å². The molecule has 0 radical (unpaired) electrons. The lowest BCUT2D eigenvalue weighted by molar-refractivity contribution is -0.265. The van der Waals surface area contributed by atoms with Gasteiger partial charge in [0, 0.05) is 6.42 Å². The van der Waals surface area contributed by atoms with E-state index in [0.29, 0.717) is 0 Å². The van der Waals surface area contributed by atoms with Crippen molar-refractivity contribution in [2.75, 3.05) is 0 Å². The predicted molar refractivity (Wildman–Crippen MR) is 43.5 cm³/mol. The highest BCUT2D eigenvalue weighted by Gasteiger charge is 2.05. The summed E-state index contributed by atoms with van der Waals surface area (Å²) in [5, 5.41) is 0. The van der Waals surface area contributed by atoms with Gasteiger partial charge in [-0.2, -0.15) is 0 Å². The lowest BCUT2D eigenvalue weighted by Gasteiger charge is -1.98. The smallest absolute Gasteiger partial charge is 0.153 e. The van der Waals surface area contributed by atoms with E-state index in [4.69, 9.17) is 0 Å². The van der Waals surface area contributed by atoms with E-state index in [1.54, 1.807) is 6.26 Å². The molecule has 2 rings (SSSR count). The van der Waals surface area contributed by atoms with Crippen molar-refractivity contribution in [3.05, 3.63) is 47.9 Å². The lowest BCUT2D eigenvalue weighted by Crippen LogP contribution is -2.07. The molecule has 0 amide bonds. The van der Waals surface area contributed by atoms with Gasteiger partial charge in [-0.1, -0.05) is 35.3 Å². The van der Waals surface area contributed by atoms with Crippen molar-refractivity contribution in [2.24, 2.45) is 0 Å². The third kappa shape index (κ3) is 1.57. The van der Waals surface area contributed by atoms with Crippen molar-refractivity contribution in [3.63, 3.8) is 0 Å². The van der Waals surface area contributed by atoms with Gasteiger partial charge in [-0.05, 0) is 5.56 Å². The van der Waals surface area contributed by atoms with E-state index in [2.05, 4.69) is 27.5 Å². The molecule has 0 saturated heterocycles. The molecular weight excluding hydrogens is 154 g/mol. The van der Waals surface area contributed by atoms with Gasteiger partial charge in [-0.15, -0.1) is 0 Å². The van der Waals surface area contributed by atoms with Crippen LogP contribution in [0.4, 0.5) is 0 Å². The quantitative estimate of drug-likeness (QED) is 0.671. The zero-order valence-corrected chi connectivity index (χ0v) is 6.49. The molecule has 0 saturated carbocycles. The molecule has 3 nitrogen and oxygen atoms in total. The molecule has 0 unspecified atom stereocenters. The Labute approximate surface area is 70.5 Å². The highest BCUT2D eigenvalue weighted by Crippen LogP contribution is 2.08. The number of hydrogen-bond donors (Lipinski definition) is 1. The van der Waals surface area contributed by atoms with Crippen LogP contribution in [0, 0.1) is 0 Å². The summed E-state index contributed by atoms with van der Waals surface area (Å²) in [6.07, 6.45) is 2.37. The Morgan fingerprint density at radius 3 is 2.67 bits per heavy atom. The van der Waals surface area contributed by atoms with Gasteiger partial charge in [-0.3, -0.25) is 0 Å². The largest absolute Gasteiger partial charge is 0.320 e. The number of rotatable bonds is 2. The first kappa shape index (κ1) is 7.18. The Morgan fingerprint density at radius 2 is 2.00 bits per heavy atom. The van der Waals surface area contributed by atoms with Gasteiger partial charge >= 0.3 is 0 Å². The molecule has 3 heteroatoms. The van der Waals surface area contributed by atoms with Crippen LogP contribution in [0.15, 0.2) is 42.3 Å². The fourth-order valence-electron chi connectivity index (χ4n) is 1.08. The minimum Gasteiger partial charge on any atom is -0.320 e. The number of hydroxylamine groups is 1. The van der Waals surface area contributed by atoms with Crippen molar-refractivity contribution < 1.29 is 9.88 Å². The minimum atomic E-state index is 0.806. The summed E-state index contributed by atoms with van der Waals surface area (Å²) in [6, 6.07) is 10.1. The summed E-state index contributed by atoms with van der Waals surface area (Å²) >= 11 is 0. The first-order valence-electron chi connectivity index (χ1n) is 3.76. The zero-order chi connectivity index (χ0) is 8.23. The van der Waals surface area contributed by atoms with Gasteiger partial charge < -0.3 is 4.89 Å². The summed E-state index contributed by atoms with van der Waals surface area (Å²) in [7, 11) is 0. The Morgan fingerprint density at radius 1 is 1.17 bits per heavy atom. The van der Waals surface area contributed by atoms with Crippen LogP contribution in [0.5, 0.6) is 0 Å². The van der Waals surface area contributed by atoms with E-state index < -0.39 is 0 Å². The standard InChI is InChI=1S/C9H9NO2/c1-2-4-8(5-3-1)6-9-7-11-12-10-9/h1-5,7,10H,6H2. The Balaban J connectivity index is 2.04. The summed E-state index contributed by atoms with van der Waals surface area (Å²) in [5.74, 6) is 0. The fourth-order valence-corrected chi connectivity index (χ4v) is 1.08. The topological polar surface area (TPSA) is 30.5 Å². The number of nitrogens with one attached hydrogen (secondary N) is 1. The van der Waals surface area contributed by atoms with E-state index in [1.165, 1.54) is 5.56 Å². The van der Waals surface area contributed by atoms with E-state index in [9.17, 15) is 0 Å². The average Bonchev–Trinajstić information content (AvgIpc) is 2.59. The van der Waals surface area contributed by atoms with Crippen LogP contribution in [0.1, 0.15) is 5.56 Å². The van der Waals surface area contributed by atoms with Crippen LogP contribution >= 0.6 is 0 Å². The second-order valence-electron chi connectivity index (χ2n) is 2.59. The maximum absolute atomic E-state index is 4.56. The second-order valence-corrected chi connectivity index (χ2v) is 2.59. The second kappa shape index (κ2) is 3.28. The molecule has 0 atom stereocenters. The third-order valence-corrected chi connectivity index (χ3v) is 1.65. The first-order valence-corrected chi connectivity index (χ1v) is 3.76. The summed E-state index contributed by atoms with van der Waals surface area (Å²) in [5.41, 5.74) is 4.80. The molecule has 0 spiro atoms. The molecule has 0 bridgehead atoms. The van der Waals surface area contributed by atoms with Gasteiger partial charge in [-0.25, -0.2) is 5.48 Å². The molecule has 1 aromatic rings. The first-order chi connectivity index (χ1) is 5.95. The molecular formula is C9H9NO2. The summed E-state index contributed by atoms with van der Waals surface area (Å²) in [4.78, 5) is 9.04. The maximum atomic E-state index is 4.56. The third-order valence-electron chi connectivity index (χ3n) is 1.65. The highest BCUT2D eigenvalue weighted by molar-refractivity contribution is 5.20. The van der Waals surface area contributed by atoms with Crippen LogP contribution in [0.2, 0.25) is 0 Å². The van der Waals surface area contributed by atoms with Gasteiger partial charge in [0.2, 0.25) is 0 Å². The van der Waals surface area contributed by atoms with E-state index >= 15 is 0 Å². The van der Waals surface area contributed by atoms with Crippen molar-refractivity contribution in [1.82, 2.24) is 5.48 Å². The van der Waals surface area contributed by atoms with Crippen molar-refractivity contribution in [2.45, 2.75) is 6.42 Å². The number of hydrogen-bond acceptors (Lipinski definition) is 3. The minimum absolute atomic E-state index is 0.806. The normalized spacial score (nSPS) is 14.8. The van der Waals surface area contributed by atoms with Crippen molar-refractivity contribution >= 4 is 0 Å². The lowest BCUT2D eigenvalue weighted by atomic mass is 10.1. The SMILES string of the molecule is C1=C(Cc2ccccc2)NOO1. The summed E-state index contributed by atoms with van der Waals surface area (Å²) < 4.78 is 0. The molecule has 0 aromatic heterocycles. The van der Waals surface area contributed by atoms with Gasteiger partial charge in [0.15, 0.2) is 6.26 Å². The Hall–Kier alpha value is -1.48. The molecule has 62 valence electrons. The molecule has 1 heterocycles. The summed E-state index contributed by atoms with van der Waals surface area (Å²) in [6.45, 7) is 0. The molecule has 0 aliphatic carbocycles. The van der Waals surface area contributed by atoms with Crippen LogP contribution in [-0.2, 0) is 16.3 Å². The van der Waals surface area contributed by atoms with E-state index in [0.717, 1.165) is 12.1 Å². The molecule has 12 heavy (non-hydrogen) atoms. The molecule has 1 N–H and O–H groups in total. The Bertz CT molecular complexity index is 282. The van der Waals surface area contributed by atoms with Crippen LogP contribution in [-0.4, -0.2) is 0 Å². The van der Waals surface area contributed by atoms with Gasteiger partial charge in [0.25, 0.3) is 0 Å². The predicted octanol–water partition coefficient (Wildman–Crippen LogP) is 1.54. The molecule has 1 aromatic carbocycles. The highest BCUT2D eigenvalue weighted by atomic mass is 17.3. The van der Waals surface area contributed by atoms with Crippen molar-refractivity contribution in [1.29, 1.82) is 0 Å². The van der Waals surface area contributed by atoms with Crippen LogP contribution < -0.4 is 5.48 Å².